The first kappa shape index (κ1) is 18.7. The van der Waals surface area contributed by atoms with Crippen molar-refractivity contribution < 1.29 is 18.6 Å². The molecule has 4 rings (SSSR count). The lowest BCUT2D eigenvalue weighted by Crippen LogP contribution is -2.30. The van der Waals surface area contributed by atoms with Gasteiger partial charge in [-0.25, -0.2) is 4.39 Å². The highest BCUT2D eigenvalue weighted by Crippen LogP contribution is 2.34. The summed E-state index contributed by atoms with van der Waals surface area (Å²) in [5.41, 5.74) is 1.24. The molecule has 1 fully saturated rings. The third kappa shape index (κ3) is 3.58. The summed E-state index contributed by atoms with van der Waals surface area (Å²) < 4.78 is 18.5. The van der Waals surface area contributed by atoms with Gasteiger partial charge in [-0.3, -0.25) is 14.9 Å². The monoisotopic (exact) mass is 396 g/mol. The number of carbonyl (C=O) groups is 1. The summed E-state index contributed by atoms with van der Waals surface area (Å²) in [6.45, 7) is 2.11. The van der Waals surface area contributed by atoms with E-state index in [1.165, 1.54) is 18.2 Å². The number of nitro benzene ring substituents is 1. The van der Waals surface area contributed by atoms with Gasteiger partial charge < -0.3 is 9.42 Å². The van der Waals surface area contributed by atoms with Gasteiger partial charge in [0.05, 0.1) is 4.92 Å². The molecule has 148 valence electrons. The lowest BCUT2D eigenvalue weighted by molar-refractivity contribution is -0.385. The van der Waals surface area contributed by atoms with Crippen molar-refractivity contribution in [3.63, 3.8) is 0 Å². The number of carbonyl (C=O) groups excluding carboxylic acids is 1. The Morgan fingerprint density at radius 2 is 2.03 bits per heavy atom. The number of amides is 1. The van der Waals surface area contributed by atoms with E-state index in [-0.39, 0.29) is 28.9 Å². The molecule has 0 radical (unpaired) electrons. The zero-order valence-corrected chi connectivity index (χ0v) is 15.5. The van der Waals surface area contributed by atoms with Gasteiger partial charge in [-0.1, -0.05) is 11.2 Å². The van der Waals surface area contributed by atoms with Crippen LogP contribution in [0.25, 0.3) is 11.4 Å². The van der Waals surface area contributed by atoms with E-state index in [4.69, 9.17) is 4.52 Å². The van der Waals surface area contributed by atoms with Gasteiger partial charge in [-0.15, -0.1) is 0 Å². The van der Waals surface area contributed by atoms with E-state index in [0.29, 0.717) is 29.9 Å². The first-order valence-electron chi connectivity index (χ1n) is 9.09. The van der Waals surface area contributed by atoms with Crippen LogP contribution in [0.5, 0.6) is 0 Å². The van der Waals surface area contributed by atoms with Gasteiger partial charge in [-0.05, 0) is 50.1 Å². The summed E-state index contributed by atoms with van der Waals surface area (Å²) >= 11 is 0. The van der Waals surface area contributed by atoms with Crippen LogP contribution < -0.4 is 0 Å². The number of aryl methyl sites for hydroxylation is 1. The normalized spacial score (nSPS) is 16.2. The minimum atomic E-state index is -0.499. The Morgan fingerprint density at radius 1 is 1.28 bits per heavy atom. The zero-order chi connectivity index (χ0) is 20.5. The molecule has 3 aromatic rings. The van der Waals surface area contributed by atoms with Crippen LogP contribution in [0.4, 0.5) is 10.1 Å². The van der Waals surface area contributed by atoms with E-state index >= 15 is 0 Å². The summed E-state index contributed by atoms with van der Waals surface area (Å²) in [7, 11) is 0. The molecular weight excluding hydrogens is 379 g/mol. The van der Waals surface area contributed by atoms with Gasteiger partial charge in [0.15, 0.2) is 0 Å². The summed E-state index contributed by atoms with van der Waals surface area (Å²) in [5.74, 6) is -0.0867. The second kappa shape index (κ2) is 7.42. The molecule has 1 unspecified atom stereocenters. The molecule has 2 heterocycles. The predicted molar refractivity (Wildman–Crippen MR) is 101 cm³/mol. The van der Waals surface area contributed by atoms with Crippen LogP contribution in [0.1, 0.15) is 40.7 Å². The smallest absolute Gasteiger partial charge is 0.273 e. The number of likely N-dealkylation sites (tertiary alicyclic amines) is 1. The maximum absolute atomic E-state index is 13.1. The molecule has 0 spiro atoms. The summed E-state index contributed by atoms with van der Waals surface area (Å²) in [5, 5.41) is 15.1. The van der Waals surface area contributed by atoms with Crippen LogP contribution in [0.2, 0.25) is 0 Å². The van der Waals surface area contributed by atoms with Crippen molar-refractivity contribution in [3.05, 3.63) is 75.4 Å². The SMILES string of the molecule is Cc1ccc(C(=O)N2CCCC2c2nc(-c3ccc(F)cc3)no2)cc1[N+](=O)[O-]. The molecule has 1 saturated heterocycles. The Labute approximate surface area is 165 Å². The quantitative estimate of drug-likeness (QED) is 0.487. The number of nitro groups is 1. The molecule has 1 aliphatic heterocycles. The van der Waals surface area contributed by atoms with Crippen molar-refractivity contribution in [1.29, 1.82) is 0 Å². The number of aromatic nitrogens is 2. The van der Waals surface area contributed by atoms with Crippen LogP contribution in [0.3, 0.4) is 0 Å². The second-order valence-electron chi connectivity index (χ2n) is 6.88. The number of nitrogens with zero attached hydrogens (tertiary/aromatic N) is 4. The number of hydrogen-bond acceptors (Lipinski definition) is 6. The average molecular weight is 396 g/mol. The highest BCUT2D eigenvalue weighted by molar-refractivity contribution is 5.95. The molecule has 1 atom stereocenters. The van der Waals surface area contributed by atoms with Gasteiger partial charge in [-0.2, -0.15) is 4.98 Å². The zero-order valence-electron chi connectivity index (χ0n) is 15.5. The van der Waals surface area contributed by atoms with Gasteiger partial charge in [0.2, 0.25) is 11.7 Å². The Bertz CT molecular complexity index is 1080. The lowest BCUT2D eigenvalue weighted by atomic mass is 10.1. The van der Waals surface area contributed by atoms with Crippen molar-refractivity contribution in [1.82, 2.24) is 15.0 Å². The van der Waals surface area contributed by atoms with Crippen molar-refractivity contribution in [2.75, 3.05) is 6.54 Å². The minimum Gasteiger partial charge on any atom is -0.337 e. The molecule has 2 aromatic carbocycles. The van der Waals surface area contributed by atoms with E-state index < -0.39 is 11.0 Å². The van der Waals surface area contributed by atoms with Gasteiger partial charge in [0.25, 0.3) is 11.6 Å². The van der Waals surface area contributed by atoms with Crippen LogP contribution in [-0.4, -0.2) is 32.4 Å². The lowest BCUT2D eigenvalue weighted by Gasteiger charge is -2.22. The van der Waals surface area contributed by atoms with E-state index in [1.54, 1.807) is 36.1 Å². The highest BCUT2D eigenvalue weighted by atomic mass is 19.1. The van der Waals surface area contributed by atoms with Gasteiger partial charge in [0.1, 0.15) is 11.9 Å². The third-order valence-electron chi connectivity index (χ3n) is 5.00. The number of rotatable bonds is 4. The van der Waals surface area contributed by atoms with Crippen LogP contribution in [0.15, 0.2) is 47.0 Å². The standard InChI is InChI=1S/C20H17FN4O4/c1-12-4-5-14(11-17(12)25(27)28)20(26)24-10-2-3-16(24)19-22-18(23-29-19)13-6-8-15(21)9-7-13/h4-9,11,16H,2-3,10H2,1H3. The molecule has 9 heteroatoms. The molecule has 0 bridgehead atoms. The fourth-order valence-electron chi connectivity index (χ4n) is 3.46. The van der Waals surface area contributed by atoms with E-state index in [0.717, 1.165) is 6.42 Å². The van der Waals surface area contributed by atoms with Gasteiger partial charge >= 0.3 is 0 Å². The maximum atomic E-state index is 13.1. The molecule has 29 heavy (non-hydrogen) atoms. The van der Waals surface area contributed by atoms with Crippen LogP contribution in [-0.2, 0) is 0 Å². The average Bonchev–Trinajstić information content (AvgIpc) is 3.37. The minimum absolute atomic E-state index is 0.0945. The maximum Gasteiger partial charge on any atom is 0.273 e. The Kier molecular flexibility index (Phi) is 4.79. The predicted octanol–water partition coefficient (Wildman–Crippen LogP) is 4.07. The molecule has 0 aliphatic carbocycles. The third-order valence-corrected chi connectivity index (χ3v) is 5.00. The van der Waals surface area contributed by atoms with E-state index in [1.807, 2.05) is 0 Å². The second-order valence-corrected chi connectivity index (χ2v) is 6.88. The highest BCUT2D eigenvalue weighted by Gasteiger charge is 2.35. The van der Waals surface area contributed by atoms with E-state index in [2.05, 4.69) is 10.1 Å². The Morgan fingerprint density at radius 3 is 2.76 bits per heavy atom. The molecule has 0 N–H and O–H groups in total. The number of halogens is 1. The van der Waals surface area contributed by atoms with Crippen molar-refractivity contribution >= 4 is 11.6 Å². The summed E-state index contributed by atoms with van der Waals surface area (Å²) in [4.78, 5) is 29.7. The number of benzene rings is 2. The van der Waals surface area contributed by atoms with Crippen molar-refractivity contribution in [3.8, 4) is 11.4 Å². The largest absolute Gasteiger partial charge is 0.337 e. The van der Waals surface area contributed by atoms with Crippen molar-refractivity contribution in [2.45, 2.75) is 25.8 Å². The summed E-state index contributed by atoms with van der Waals surface area (Å²) in [6, 6.07) is 9.74. The van der Waals surface area contributed by atoms with Crippen molar-refractivity contribution in [2.24, 2.45) is 0 Å². The van der Waals surface area contributed by atoms with Crippen LogP contribution in [0, 0.1) is 22.9 Å². The van der Waals surface area contributed by atoms with E-state index in [9.17, 15) is 19.3 Å². The van der Waals surface area contributed by atoms with Gasteiger partial charge in [0, 0.05) is 29.3 Å². The molecular formula is C20H17FN4O4. The Hall–Kier alpha value is -3.62. The topological polar surface area (TPSA) is 102 Å². The molecule has 1 amide bonds. The fourth-order valence-corrected chi connectivity index (χ4v) is 3.46. The molecule has 0 saturated carbocycles. The Balaban J connectivity index is 1.60. The molecule has 8 nitrogen and oxygen atoms in total. The molecule has 1 aliphatic rings. The first-order chi connectivity index (χ1) is 13.9. The first-order valence-corrected chi connectivity index (χ1v) is 9.09. The summed E-state index contributed by atoms with van der Waals surface area (Å²) in [6.07, 6.45) is 1.39. The van der Waals surface area contributed by atoms with Crippen LogP contribution >= 0.6 is 0 Å². The molecule has 1 aromatic heterocycles. The fraction of sp³-hybridized carbons (Fsp3) is 0.250. The number of hydrogen-bond donors (Lipinski definition) is 0.